The molecule has 0 unspecified atom stereocenters. The van der Waals surface area contributed by atoms with Gasteiger partial charge in [0.25, 0.3) is 10.0 Å². The average molecular weight is 334 g/mol. The summed E-state index contributed by atoms with van der Waals surface area (Å²) in [5.41, 5.74) is 4.08. The molecule has 0 aliphatic rings. The van der Waals surface area contributed by atoms with Crippen LogP contribution in [0.2, 0.25) is 0 Å². The molecule has 0 bridgehead atoms. The smallest absolute Gasteiger partial charge is 0.397 e. The quantitative estimate of drug-likeness (QED) is 0.669. The van der Waals surface area contributed by atoms with Crippen LogP contribution < -0.4 is 10.5 Å². The number of halogens is 4. The molecular weight excluding hydrogens is 324 g/mol. The maximum absolute atomic E-state index is 13.1. The molecule has 0 heterocycles. The van der Waals surface area contributed by atoms with E-state index < -0.39 is 32.5 Å². The molecule has 4 nitrogen and oxygen atoms in total. The van der Waals surface area contributed by atoms with Gasteiger partial charge in [-0.3, -0.25) is 4.72 Å². The summed E-state index contributed by atoms with van der Waals surface area (Å²) in [6.45, 7) is 0. The van der Waals surface area contributed by atoms with E-state index in [1.165, 1.54) is 0 Å². The Bertz CT molecular complexity index is 804. The van der Waals surface area contributed by atoms with Crippen LogP contribution in [0.5, 0.6) is 0 Å². The van der Waals surface area contributed by atoms with E-state index >= 15 is 0 Å². The van der Waals surface area contributed by atoms with E-state index in [2.05, 4.69) is 0 Å². The molecule has 0 amide bonds. The predicted octanol–water partition coefficient (Wildman–Crippen LogP) is 3.23. The van der Waals surface area contributed by atoms with Crippen molar-refractivity contribution in [2.24, 2.45) is 0 Å². The lowest BCUT2D eigenvalue weighted by atomic mass is 10.2. The number of hydrogen-bond donors (Lipinski definition) is 2. The van der Waals surface area contributed by atoms with Crippen LogP contribution in [-0.4, -0.2) is 8.42 Å². The fraction of sp³-hybridized carbons (Fsp3) is 0.0769. The molecule has 0 radical (unpaired) electrons. The molecule has 0 aliphatic heterocycles. The van der Waals surface area contributed by atoms with Crippen LogP contribution >= 0.6 is 0 Å². The Morgan fingerprint density at radius 2 is 1.73 bits per heavy atom. The van der Waals surface area contributed by atoms with Crippen molar-refractivity contribution in [3.05, 3.63) is 53.8 Å². The van der Waals surface area contributed by atoms with E-state index in [0.717, 1.165) is 36.4 Å². The molecular formula is C13H10F4N2O2S. The molecule has 3 N–H and O–H groups in total. The maximum atomic E-state index is 13.1. The fourth-order valence-electron chi connectivity index (χ4n) is 1.66. The number of nitrogens with two attached hydrogens (primary N) is 1. The fourth-order valence-corrected chi connectivity index (χ4v) is 2.78. The largest absolute Gasteiger partial charge is 0.416 e. The van der Waals surface area contributed by atoms with Gasteiger partial charge in [-0.15, -0.1) is 0 Å². The van der Waals surface area contributed by atoms with Crippen LogP contribution in [0.3, 0.4) is 0 Å². The highest BCUT2D eigenvalue weighted by Crippen LogP contribution is 2.31. The average Bonchev–Trinajstić information content (AvgIpc) is 2.42. The van der Waals surface area contributed by atoms with E-state index in [4.69, 9.17) is 5.73 Å². The summed E-state index contributed by atoms with van der Waals surface area (Å²) in [7, 11) is -4.33. The van der Waals surface area contributed by atoms with Gasteiger partial charge >= 0.3 is 6.18 Å². The molecule has 22 heavy (non-hydrogen) atoms. The van der Waals surface area contributed by atoms with E-state index in [-0.39, 0.29) is 11.4 Å². The molecule has 9 heteroatoms. The Morgan fingerprint density at radius 3 is 2.36 bits per heavy atom. The van der Waals surface area contributed by atoms with Crippen LogP contribution in [0, 0.1) is 5.82 Å². The van der Waals surface area contributed by atoms with E-state index in [9.17, 15) is 26.0 Å². The molecule has 2 aromatic rings. The van der Waals surface area contributed by atoms with Crippen molar-refractivity contribution in [3.8, 4) is 0 Å². The number of nitrogens with one attached hydrogen (secondary N) is 1. The molecule has 0 aliphatic carbocycles. The third kappa shape index (κ3) is 3.48. The van der Waals surface area contributed by atoms with Gasteiger partial charge in [0, 0.05) is 6.07 Å². The normalized spacial score (nSPS) is 12.2. The van der Waals surface area contributed by atoms with Gasteiger partial charge in [-0.05, 0) is 30.3 Å². The molecule has 0 saturated heterocycles. The molecule has 2 aromatic carbocycles. The van der Waals surface area contributed by atoms with Gasteiger partial charge in [0.2, 0.25) is 0 Å². The zero-order valence-electron chi connectivity index (χ0n) is 10.9. The maximum Gasteiger partial charge on any atom is 0.416 e. The van der Waals surface area contributed by atoms with Gasteiger partial charge in [0.15, 0.2) is 0 Å². The summed E-state index contributed by atoms with van der Waals surface area (Å²) in [6, 6.07) is 6.18. The molecule has 0 fully saturated rings. The Hall–Kier alpha value is -2.29. The van der Waals surface area contributed by atoms with Crippen molar-refractivity contribution >= 4 is 21.4 Å². The van der Waals surface area contributed by atoms with Gasteiger partial charge in [-0.25, -0.2) is 12.8 Å². The van der Waals surface area contributed by atoms with Crippen molar-refractivity contribution in [2.45, 2.75) is 11.1 Å². The molecule has 118 valence electrons. The van der Waals surface area contributed by atoms with Crippen molar-refractivity contribution in [1.82, 2.24) is 0 Å². The molecule has 0 aromatic heterocycles. The zero-order chi connectivity index (χ0) is 16.5. The van der Waals surface area contributed by atoms with Crippen molar-refractivity contribution in [2.75, 3.05) is 10.5 Å². The topological polar surface area (TPSA) is 72.2 Å². The van der Waals surface area contributed by atoms with E-state index in [1.54, 1.807) is 0 Å². The number of rotatable bonds is 3. The monoisotopic (exact) mass is 334 g/mol. The number of alkyl halides is 3. The van der Waals surface area contributed by atoms with Crippen molar-refractivity contribution < 1.29 is 26.0 Å². The number of nitrogen functional groups attached to an aromatic ring is 1. The second kappa shape index (κ2) is 5.48. The first-order chi connectivity index (χ1) is 10.1. The summed E-state index contributed by atoms with van der Waals surface area (Å²) < 4.78 is 77.1. The van der Waals surface area contributed by atoms with Crippen LogP contribution in [0.1, 0.15) is 5.56 Å². The lowest BCUT2D eigenvalue weighted by Crippen LogP contribution is -2.15. The Kier molecular flexibility index (Phi) is 4.01. The first-order valence-corrected chi connectivity index (χ1v) is 7.33. The summed E-state index contributed by atoms with van der Waals surface area (Å²) in [5, 5.41) is 0. The van der Waals surface area contributed by atoms with Crippen LogP contribution in [0.15, 0.2) is 47.4 Å². The molecule has 0 saturated carbocycles. The second-order valence-corrected chi connectivity index (χ2v) is 6.05. The highest BCUT2D eigenvalue weighted by molar-refractivity contribution is 7.92. The third-order valence-electron chi connectivity index (χ3n) is 2.73. The molecule has 2 rings (SSSR count). The van der Waals surface area contributed by atoms with Gasteiger partial charge in [-0.2, -0.15) is 13.2 Å². The standard InChI is InChI=1S/C13H10F4N2O2S/c14-9-4-5-11(18)12(7-9)19-22(20,21)10-3-1-2-8(6-10)13(15,16)17/h1-7,19H,18H2. The van der Waals surface area contributed by atoms with Gasteiger partial charge < -0.3 is 5.73 Å². The van der Waals surface area contributed by atoms with E-state index in [0.29, 0.717) is 6.07 Å². The lowest BCUT2D eigenvalue weighted by Gasteiger charge is -2.12. The van der Waals surface area contributed by atoms with Crippen LogP contribution in [-0.2, 0) is 16.2 Å². The van der Waals surface area contributed by atoms with Gasteiger partial charge in [0.05, 0.1) is 21.8 Å². The highest BCUT2D eigenvalue weighted by Gasteiger charge is 2.31. The lowest BCUT2D eigenvalue weighted by molar-refractivity contribution is -0.137. The number of hydrogen-bond acceptors (Lipinski definition) is 3. The van der Waals surface area contributed by atoms with Crippen LogP contribution in [0.25, 0.3) is 0 Å². The zero-order valence-corrected chi connectivity index (χ0v) is 11.7. The van der Waals surface area contributed by atoms with Gasteiger partial charge in [-0.1, -0.05) is 6.07 Å². The van der Waals surface area contributed by atoms with Gasteiger partial charge in [0.1, 0.15) is 5.82 Å². The van der Waals surface area contributed by atoms with E-state index in [1.807, 2.05) is 4.72 Å². The minimum Gasteiger partial charge on any atom is -0.397 e. The Morgan fingerprint density at radius 1 is 1.05 bits per heavy atom. The summed E-state index contributed by atoms with van der Waals surface area (Å²) in [5.74, 6) is -0.740. The Balaban J connectivity index is 2.41. The van der Waals surface area contributed by atoms with Crippen molar-refractivity contribution in [1.29, 1.82) is 0 Å². The number of sulfonamides is 1. The number of anilines is 2. The highest BCUT2D eigenvalue weighted by atomic mass is 32.2. The minimum absolute atomic E-state index is 0.0584. The Labute approximate surface area is 123 Å². The SMILES string of the molecule is Nc1ccc(F)cc1NS(=O)(=O)c1cccc(C(F)(F)F)c1. The molecule has 0 spiro atoms. The summed E-state index contributed by atoms with van der Waals surface area (Å²) in [4.78, 5) is -0.606. The predicted molar refractivity (Wildman–Crippen MR) is 73.1 cm³/mol. The minimum atomic E-state index is -4.68. The van der Waals surface area contributed by atoms with Crippen LogP contribution in [0.4, 0.5) is 28.9 Å². The number of benzene rings is 2. The second-order valence-electron chi connectivity index (χ2n) is 4.36. The first kappa shape index (κ1) is 16.1. The summed E-state index contributed by atoms with van der Waals surface area (Å²) >= 11 is 0. The third-order valence-corrected chi connectivity index (χ3v) is 4.09. The molecule has 0 atom stereocenters. The summed E-state index contributed by atoms with van der Waals surface area (Å²) in [6.07, 6.45) is -4.68. The van der Waals surface area contributed by atoms with Crippen molar-refractivity contribution in [3.63, 3.8) is 0 Å². The first-order valence-electron chi connectivity index (χ1n) is 5.85.